The summed E-state index contributed by atoms with van der Waals surface area (Å²) in [6.07, 6.45) is 3.49. The van der Waals surface area contributed by atoms with Crippen molar-refractivity contribution in [1.29, 1.82) is 0 Å². The molecule has 1 saturated heterocycles. The summed E-state index contributed by atoms with van der Waals surface area (Å²) >= 11 is 0. The number of amides is 2. The molecule has 2 bridgehead atoms. The predicted molar refractivity (Wildman–Crippen MR) is 174 cm³/mol. The maximum absolute atomic E-state index is 14.6. The molecule has 2 aliphatic heterocycles. The summed E-state index contributed by atoms with van der Waals surface area (Å²) in [7, 11) is 3.18. The zero-order valence-corrected chi connectivity index (χ0v) is 27.4. The zero-order valence-electron chi connectivity index (χ0n) is 27.4. The molecule has 2 amide bonds. The van der Waals surface area contributed by atoms with Gasteiger partial charge in [-0.25, -0.2) is 8.78 Å². The number of nitrogens with zero attached hydrogens (tertiary/aromatic N) is 2. The molecule has 0 spiro atoms. The Morgan fingerprint density at radius 1 is 0.917 bits per heavy atom. The highest BCUT2D eigenvalue weighted by molar-refractivity contribution is 6.03. The fourth-order valence-electron chi connectivity index (χ4n) is 6.67. The minimum Gasteiger partial charge on any atom is -0.493 e. The summed E-state index contributed by atoms with van der Waals surface area (Å²) in [6.45, 7) is 2.98. The van der Waals surface area contributed by atoms with Crippen molar-refractivity contribution in [3.63, 3.8) is 0 Å². The van der Waals surface area contributed by atoms with Crippen LogP contribution in [0.25, 0.3) is 5.57 Å². The van der Waals surface area contributed by atoms with Crippen LogP contribution in [0.3, 0.4) is 0 Å². The summed E-state index contributed by atoms with van der Waals surface area (Å²) in [4.78, 5) is 30.8. The van der Waals surface area contributed by atoms with Crippen LogP contribution in [0.1, 0.15) is 49.3 Å². The zero-order chi connectivity index (χ0) is 33.9. The van der Waals surface area contributed by atoms with Crippen molar-refractivity contribution in [3.8, 4) is 17.2 Å². The van der Waals surface area contributed by atoms with Crippen LogP contribution in [-0.2, 0) is 22.6 Å². The highest BCUT2D eigenvalue weighted by Crippen LogP contribution is 2.38. The first-order valence-corrected chi connectivity index (χ1v) is 16.3. The lowest BCUT2D eigenvalue weighted by molar-refractivity contribution is -0.132. The molecular formula is C37H40F3N3O5. The van der Waals surface area contributed by atoms with Crippen LogP contribution >= 0.6 is 0 Å². The third-order valence-electron chi connectivity index (χ3n) is 9.29. The quantitative estimate of drug-likeness (QED) is 0.199. The molecule has 1 aliphatic carbocycles. The summed E-state index contributed by atoms with van der Waals surface area (Å²) in [6, 6.07) is 15.1. The molecule has 48 heavy (non-hydrogen) atoms. The molecule has 0 aromatic heterocycles. The van der Waals surface area contributed by atoms with Crippen LogP contribution in [0, 0.1) is 17.5 Å². The number of benzene rings is 3. The maximum Gasteiger partial charge on any atom is 0.252 e. The SMILES string of the molecule is COc1ccc(CN(C(=O)C2=C(c3ccc(CCCOc4c(F)ccc(F)c4F)cc3)CC3CN(C(C)=O)CC2N3)C2CC2)cc1OC. The standard InChI is InChI=1S/C37H40F3N3O5/c1-22(44)42-20-26-18-28(25-9-6-23(7-10-25)5-4-16-48-36-30(39)14-13-29(38)35(36)40)34(31(21-42)41-26)37(45)43(27-11-12-27)19-24-8-15-32(46-2)33(17-24)47-3/h6-10,13-15,17,26-27,31,41H,4-5,11-12,16,18-21H2,1-3H3. The van der Waals surface area contributed by atoms with Gasteiger partial charge in [0.2, 0.25) is 11.7 Å². The fourth-order valence-corrected chi connectivity index (χ4v) is 6.67. The largest absolute Gasteiger partial charge is 0.493 e. The van der Waals surface area contributed by atoms with E-state index in [0.29, 0.717) is 56.0 Å². The molecule has 2 heterocycles. The monoisotopic (exact) mass is 663 g/mol. The molecule has 2 unspecified atom stereocenters. The number of fused-ring (bicyclic) bond motifs is 2. The molecule has 2 fully saturated rings. The number of aryl methyl sites for hydroxylation is 1. The van der Waals surface area contributed by atoms with Gasteiger partial charge in [-0.05, 0) is 78.6 Å². The highest BCUT2D eigenvalue weighted by atomic mass is 19.2. The number of carbonyl (C=O) groups is 2. The fraction of sp³-hybridized carbons (Fsp3) is 0.405. The van der Waals surface area contributed by atoms with Crippen molar-refractivity contribution < 1.29 is 37.0 Å². The molecular weight excluding hydrogens is 623 g/mol. The Morgan fingerprint density at radius 3 is 2.31 bits per heavy atom. The van der Waals surface area contributed by atoms with E-state index < -0.39 is 23.2 Å². The Morgan fingerprint density at radius 2 is 1.62 bits per heavy atom. The molecule has 1 N–H and O–H groups in total. The van der Waals surface area contributed by atoms with Gasteiger partial charge in [0.1, 0.15) is 0 Å². The van der Waals surface area contributed by atoms with Crippen molar-refractivity contribution >= 4 is 17.4 Å². The van der Waals surface area contributed by atoms with Gasteiger partial charge in [0.25, 0.3) is 5.91 Å². The topological polar surface area (TPSA) is 80.3 Å². The summed E-state index contributed by atoms with van der Waals surface area (Å²) in [5.41, 5.74) is 4.52. The summed E-state index contributed by atoms with van der Waals surface area (Å²) in [5, 5.41) is 3.62. The second-order valence-electron chi connectivity index (χ2n) is 12.6. The van der Waals surface area contributed by atoms with Gasteiger partial charge in [-0.1, -0.05) is 30.3 Å². The van der Waals surface area contributed by atoms with Gasteiger partial charge in [0.15, 0.2) is 28.9 Å². The number of piperazine rings is 1. The molecule has 1 saturated carbocycles. The molecule has 3 aromatic carbocycles. The Bertz CT molecular complexity index is 1710. The highest BCUT2D eigenvalue weighted by Gasteiger charge is 2.43. The second kappa shape index (κ2) is 14.3. The second-order valence-corrected chi connectivity index (χ2v) is 12.6. The number of rotatable bonds is 12. The van der Waals surface area contributed by atoms with E-state index in [-0.39, 0.29) is 36.5 Å². The van der Waals surface area contributed by atoms with Crippen LogP contribution in [0.5, 0.6) is 17.2 Å². The van der Waals surface area contributed by atoms with E-state index in [1.165, 1.54) is 0 Å². The van der Waals surface area contributed by atoms with Gasteiger partial charge in [-0.2, -0.15) is 4.39 Å². The molecule has 2 atom stereocenters. The number of hydrogen-bond donors (Lipinski definition) is 1. The van der Waals surface area contributed by atoms with E-state index in [1.54, 1.807) is 21.1 Å². The van der Waals surface area contributed by atoms with E-state index >= 15 is 0 Å². The Kier molecular flexibility index (Phi) is 9.96. The van der Waals surface area contributed by atoms with Crippen molar-refractivity contribution in [2.45, 2.75) is 63.7 Å². The van der Waals surface area contributed by atoms with Crippen LogP contribution in [0.15, 0.2) is 60.2 Å². The molecule has 8 nitrogen and oxygen atoms in total. The first kappa shape index (κ1) is 33.4. The molecule has 3 aliphatic rings. The third kappa shape index (κ3) is 7.16. The van der Waals surface area contributed by atoms with Crippen molar-refractivity contribution in [1.82, 2.24) is 15.1 Å². The first-order chi connectivity index (χ1) is 23.2. The predicted octanol–water partition coefficient (Wildman–Crippen LogP) is 5.67. The van der Waals surface area contributed by atoms with E-state index in [2.05, 4.69) is 5.32 Å². The summed E-state index contributed by atoms with van der Waals surface area (Å²) < 4.78 is 57.5. The van der Waals surface area contributed by atoms with Crippen molar-refractivity contribution in [2.24, 2.45) is 0 Å². The van der Waals surface area contributed by atoms with Gasteiger partial charge in [0.05, 0.1) is 26.9 Å². The average molecular weight is 664 g/mol. The number of carbonyl (C=O) groups excluding carboxylic acids is 2. The molecule has 0 radical (unpaired) electrons. The maximum atomic E-state index is 14.6. The van der Waals surface area contributed by atoms with Gasteiger partial charge in [-0.3, -0.25) is 9.59 Å². The van der Waals surface area contributed by atoms with Crippen LogP contribution < -0.4 is 19.5 Å². The molecule has 6 rings (SSSR count). The minimum absolute atomic E-state index is 0.0117. The van der Waals surface area contributed by atoms with E-state index in [4.69, 9.17) is 14.2 Å². The number of halogens is 3. The smallest absolute Gasteiger partial charge is 0.252 e. The van der Waals surface area contributed by atoms with Gasteiger partial charge in [0, 0.05) is 44.2 Å². The lowest BCUT2D eigenvalue weighted by Gasteiger charge is -2.44. The number of methoxy groups -OCH3 is 2. The van der Waals surface area contributed by atoms with Crippen molar-refractivity contribution in [3.05, 3.63) is 94.3 Å². The van der Waals surface area contributed by atoms with Gasteiger partial charge in [-0.15, -0.1) is 0 Å². The Hall–Kier alpha value is -4.51. The van der Waals surface area contributed by atoms with Crippen molar-refractivity contribution in [2.75, 3.05) is 33.9 Å². The van der Waals surface area contributed by atoms with E-state index in [9.17, 15) is 22.8 Å². The summed E-state index contributed by atoms with van der Waals surface area (Å²) in [5.74, 6) is -2.98. The first-order valence-electron chi connectivity index (χ1n) is 16.3. The molecule has 3 aromatic rings. The number of nitrogens with one attached hydrogen (secondary N) is 1. The number of hydrogen-bond acceptors (Lipinski definition) is 6. The lowest BCUT2D eigenvalue weighted by atomic mass is 9.82. The Balaban J connectivity index is 1.23. The third-order valence-corrected chi connectivity index (χ3v) is 9.29. The lowest BCUT2D eigenvalue weighted by Crippen LogP contribution is -2.61. The Labute approximate surface area is 278 Å². The van der Waals surface area contributed by atoms with Gasteiger partial charge >= 0.3 is 0 Å². The average Bonchev–Trinajstić information content (AvgIpc) is 3.93. The normalized spacial score (nSPS) is 18.8. The molecule has 11 heteroatoms. The molecule has 254 valence electrons. The number of ether oxygens (including phenoxy) is 3. The van der Waals surface area contributed by atoms with Gasteiger partial charge < -0.3 is 29.3 Å². The minimum atomic E-state index is -1.33. The van der Waals surface area contributed by atoms with Crippen LogP contribution in [0.2, 0.25) is 0 Å². The van der Waals surface area contributed by atoms with Crippen LogP contribution in [-0.4, -0.2) is 73.7 Å². The van der Waals surface area contributed by atoms with E-state index in [1.807, 2.05) is 52.3 Å². The van der Waals surface area contributed by atoms with Crippen LogP contribution in [0.4, 0.5) is 13.2 Å². The van der Waals surface area contributed by atoms with E-state index in [0.717, 1.165) is 47.2 Å².